The lowest BCUT2D eigenvalue weighted by molar-refractivity contribution is 0.0529. The highest BCUT2D eigenvalue weighted by Crippen LogP contribution is 2.21. The van der Waals surface area contributed by atoms with Gasteiger partial charge < -0.3 is 10.1 Å². The molecule has 0 saturated carbocycles. The summed E-state index contributed by atoms with van der Waals surface area (Å²) in [5.41, 5.74) is 1.58. The summed E-state index contributed by atoms with van der Waals surface area (Å²) in [5.74, 6) is 0. The molecule has 0 aliphatic rings. The van der Waals surface area contributed by atoms with Crippen molar-refractivity contribution in [1.82, 2.24) is 5.32 Å². The number of hydrogen-bond donors (Lipinski definition) is 1. The predicted molar refractivity (Wildman–Crippen MR) is 84.1 cm³/mol. The number of rotatable bonds is 4. The smallest absolute Gasteiger partial charge is 0.407 e. The Bertz CT molecular complexity index is 490. The van der Waals surface area contributed by atoms with E-state index < -0.39 is 5.60 Å². The summed E-state index contributed by atoms with van der Waals surface area (Å²) in [6.45, 7) is 8.03. The maximum Gasteiger partial charge on any atom is 0.407 e. The van der Waals surface area contributed by atoms with Crippen molar-refractivity contribution in [3.63, 3.8) is 0 Å². The summed E-state index contributed by atoms with van der Waals surface area (Å²) < 4.78 is 5.14. The molecule has 20 heavy (non-hydrogen) atoms. The molecule has 1 N–H and O–H groups in total. The average Bonchev–Trinajstić information content (AvgIpc) is 2.31. The standard InChI is InChI=1S/C16H22ClNO2/c1-12-8-7-10-13(14(12)17)9-5-6-11-18-15(19)20-16(2,3)4/h5,7-10H,6,11H2,1-4H3,(H,18,19). The van der Waals surface area contributed by atoms with Crippen molar-refractivity contribution in [3.05, 3.63) is 40.4 Å². The number of alkyl carbamates (subject to hydrolysis) is 1. The van der Waals surface area contributed by atoms with Gasteiger partial charge in [0.15, 0.2) is 0 Å². The van der Waals surface area contributed by atoms with E-state index in [2.05, 4.69) is 5.32 Å². The molecule has 0 aromatic heterocycles. The van der Waals surface area contributed by atoms with E-state index in [4.69, 9.17) is 16.3 Å². The first-order valence-corrected chi connectivity index (χ1v) is 7.06. The molecule has 0 aliphatic heterocycles. The van der Waals surface area contributed by atoms with Gasteiger partial charge in [-0.05, 0) is 45.2 Å². The van der Waals surface area contributed by atoms with Gasteiger partial charge in [0, 0.05) is 6.54 Å². The lowest BCUT2D eigenvalue weighted by atomic mass is 10.1. The quantitative estimate of drug-likeness (QED) is 0.826. The molecule has 1 amide bonds. The number of carbonyl (C=O) groups excluding carboxylic acids is 1. The van der Waals surface area contributed by atoms with Crippen LogP contribution in [-0.2, 0) is 4.74 Å². The third kappa shape index (κ3) is 6.11. The highest BCUT2D eigenvalue weighted by atomic mass is 35.5. The van der Waals surface area contributed by atoms with Crippen molar-refractivity contribution >= 4 is 23.8 Å². The van der Waals surface area contributed by atoms with E-state index in [1.165, 1.54) is 0 Å². The van der Waals surface area contributed by atoms with Crippen molar-refractivity contribution in [2.75, 3.05) is 6.54 Å². The van der Waals surface area contributed by atoms with Crippen molar-refractivity contribution in [2.45, 2.75) is 39.7 Å². The summed E-state index contributed by atoms with van der Waals surface area (Å²) in [6, 6.07) is 5.91. The van der Waals surface area contributed by atoms with Gasteiger partial charge in [-0.2, -0.15) is 0 Å². The van der Waals surface area contributed by atoms with E-state index in [-0.39, 0.29) is 6.09 Å². The zero-order chi connectivity index (χ0) is 15.2. The Balaban J connectivity index is 2.36. The van der Waals surface area contributed by atoms with Crippen LogP contribution in [0.2, 0.25) is 5.02 Å². The largest absolute Gasteiger partial charge is 0.444 e. The fraction of sp³-hybridized carbons (Fsp3) is 0.438. The second-order valence-electron chi connectivity index (χ2n) is 5.60. The van der Waals surface area contributed by atoms with Gasteiger partial charge in [-0.1, -0.05) is 42.0 Å². The van der Waals surface area contributed by atoms with Crippen LogP contribution in [0.1, 0.15) is 38.3 Å². The molecule has 110 valence electrons. The van der Waals surface area contributed by atoms with Crippen LogP contribution >= 0.6 is 11.6 Å². The number of ether oxygens (including phenoxy) is 1. The summed E-state index contributed by atoms with van der Waals surface area (Å²) in [4.78, 5) is 11.4. The van der Waals surface area contributed by atoms with Crippen molar-refractivity contribution in [2.24, 2.45) is 0 Å². The number of nitrogens with one attached hydrogen (secondary N) is 1. The minimum atomic E-state index is -0.463. The van der Waals surface area contributed by atoms with Gasteiger partial charge in [0.25, 0.3) is 0 Å². The van der Waals surface area contributed by atoms with Crippen LogP contribution in [-0.4, -0.2) is 18.2 Å². The van der Waals surface area contributed by atoms with Crippen molar-refractivity contribution in [3.8, 4) is 0 Å². The first kappa shape index (κ1) is 16.6. The lowest BCUT2D eigenvalue weighted by Gasteiger charge is -2.19. The van der Waals surface area contributed by atoms with Crippen LogP contribution in [0.3, 0.4) is 0 Å². The van der Waals surface area contributed by atoms with Crippen LogP contribution in [0.25, 0.3) is 6.08 Å². The van der Waals surface area contributed by atoms with Gasteiger partial charge in [-0.25, -0.2) is 4.79 Å². The van der Waals surface area contributed by atoms with Gasteiger partial charge >= 0.3 is 6.09 Å². The van der Waals surface area contributed by atoms with Crippen molar-refractivity contribution in [1.29, 1.82) is 0 Å². The van der Waals surface area contributed by atoms with Gasteiger partial charge in [0.2, 0.25) is 0 Å². The molecule has 1 rings (SSSR count). The number of carbonyl (C=O) groups is 1. The Labute approximate surface area is 126 Å². The third-order valence-electron chi connectivity index (χ3n) is 2.50. The first-order valence-electron chi connectivity index (χ1n) is 6.68. The molecule has 0 bridgehead atoms. The third-order valence-corrected chi connectivity index (χ3v) is 3.01. The van der Waals surface area contributed by atoms with Crippen LogP contribution in [0.5, 0.6) is 0 Å². The van der Waals surface area contributed by atoms with Crippen LogP contribution < -0.4 is 5.32 Å². The molecule has 0 spiro atoms. The molecule has 0 saturated heterocycles. The van der Waals surface area contributed by atoms with Gasteiger partial charge in [-0.3, -0.25) is 0 Å². The molecule has 0 aliphatic carbocycles. The topological polar surface area (TPSA) is 38.3 Å². The normalized spacial score (nSPS) is 11.7. The van der Waals surface area contributed by atoms with Crippen molar-refractivity contribution < 1.29 is 9.53 Å². The van der Waals surface area contributed by atoms with Crippen LogP contribution in [0.4, 0.5) is 4.79 Å². The number of halogens is 1. The molecule has 0 heterocycles. The van der Waals surface area contributed by atoms with Crippen LogP contribution in [0, 0.1) is 6.92 Å². The zero-order valence-corrected chi connectivity index (χ0v) is 13.3. The van der Waals surface area contributed by atoms with E-state index in [1.54, 1.807) is 0 Å². The summed E-state index contributed by atoms with van der Waals surface area (Å²) in [6.07, 6.45) is 4.28. The zero-order valence-electron chi connectivity index (χ0n) is 12.5. The number of benzene rings is 1. The Hall–Kier alpha value is -1.48. The highest BCUT2D eigenvalue weighted by molar-refractivity contribution is 6.32. The fourth-order valence-electron chi connectivity index (χ4n) is 1.58. The minimum Gasteiger partial charge on any atom is -0.444 e. The maximum atomic E-state index is 11.4. The Kier molecular flexibility index (Phi) is 6.08. The minimum absolute atomic E-state index is 0.389. The van der Waals surface area contributed by atoms with E-state index in [1.807, 2.05) is 58.0 Å². The second-order valence-corrected chi connectivity index (χ2v) is 5.98. The fourth-order valence-corrected chi connectivity index (χ4v) is 1.77. The Morgan fingerprint density at radius 2 is 2.10 bits per heavy atom. The molecule has 3 nitrogen and oxygen atoms in total. The molecule has 1 aromatic carbocycles. The summed E-state index contributed by atoms with van der Waals surface area (Å²) in [7, 11) is 0. The molecule has 0 atom stereocenters. The number of aryl methyl sites for hydroxylation is 1. The van der Waals surface area contributed by atoms with Gasteiger partial charge in [0.1, 0.15) is 5.60 Å². The lowest BCUT2D eigenvalue weighted by Crippen LogP contribution is -2.32. The molecular formula is C16H22ClNO2. The average molecular weight is 296 g/mol. The highest BCUT2D eigenvalue weighted by Gasteiger charge is 2.15. The molecule has 4 heteroatoms. The maximum absolute atomic E-state index is 11.4. The molecule has 0 radical (unpaired) electrons. The van der Waals surface area contributed by atoms with E-state index in [9.17, 15) is 4.79 Å². The van der Waals surface area contributed by atoms with E-state index >= 15 is 0 Å². The van der Waals surface area contributed by atoms with Crippen LogP contribution in [0.15, 0.2) is 24.3 Å². The van der Waals surface area contributed by atoms with E-state index in [0.717, 1.165) is 22.6 Å². The summed E-state index contributed by atoms with van der Waals surface area (Å²) in [5, 5.41) is 3.47. The molecular weight excluding hydrogens is 274 g/mol. The molecule has 0 unspecified atom stereocenters. The Morgan fingerprint density at radius 3 is 2.75 bits per heavy atom. The number of amides is 1. The number of hydrogen-bond acceptors (Lipinski definition) is 2. The summed E-state index contributed by atoms with van der Waals surface area (Å²) >= 11 is 6.19. The van der Waals surface area contributed by atoms with E-state index in [0.29, 0.717) is 6.54 Å². The predicted octanol–water partition coefficient (Wildman–Crippen LogP) is 4.58. The monoisotopic (exact) mass is 295 g/mol. The van der Waals surface area contributed by atoms with Gasteiger partial charge in [-0.15, -0.1) is 0 Å². The molecule has 1 aromatic rings. The van der Waals surface area contributed by atoms with Gasteiger partial charge in [0.05, 0.1) is 5.02 Å². The molecule has 0 fully saturated rings. The SMILES string of the molecule is Cc1cccc(C=CCCNC(=O)OC(C)(C)C)c1Cl. The first-order chi connectivity index (χ1) is 9.29. The Morgan fingerprint density at radius 1 is 1.40 bits per heavy atom. The second kappa shape index (κ2) is 7.34.